The van der Waals surface area contributed by atoms with Gasteiger partial charge in [-0.1, -0.05) is 18.2 Å². The van der Waals surface area contributed by atoms with Gasteiger partial charge in [0.05, 0.1) is 4.90 Å². The van der Waals surface area contributed by atoms with E-state index < -0.39 is 15.9 Å². The van der Waals surface area contributed by atoms with Crippen molar-refractivity contribution in [3.8, 4) is 0 Å². The van der Waals surface area contributed by atoms with Crippen LogP contribution in [-0.4, -0.2) is 26.3 Å². The zero-order valence-corrected chi connectivity index (χ0v) is 18.1. The zero-order chi connectivity index (χ0) is 21.8. The maximum atomic E-state index is 12.7. The molecule has 1 aliphatic carbocycles. The smallest absolute Gasteiger partial charge is 0.255 e. The SMILES string of the molecule is O=C(Nc1cccc(C(=O)NC2CC2)c1)c1cccc(S(=O)(=O)NCc2cccs2)c1. The molecule has 0 atom stereocenters. The molecule has 1 aliphatic rings. The van der Waals surface area contributed by atoms with Crippen LogP contribution in [0.15, 0.2) is 70.9 Å². The van der Waals surface area contributed by atoms with Crippen LogP contribution in [0.2, 0.25) is 0 Å². The van der Waals surface area contributed by atoms with Crippen LogP contribution in [-0.2, 0) is 16.6 Å². The summed E-state index contributed by atoms with van der Waals surface area (Å²) in [5.74, 6) is -0.640. The van der Waals surface area contributed by atoms with E-state index in [1.807, 2.05) is 17.5 Å². The molecule has 1 heterocycles. The molecule has 0 spiro atoms. The number of thiophene rings is 1. The van der Waals surface area contributed by atoms with Gasteiger partial charge >= 0.3 is 0 Å². The van der Waals surface area contributed by atoms with Crippen molar-refractivity contribution >= 4 is 38.9 Å². The molecule has 3 N–H and O–H groups in total. The van der Waals surface area contributed by atoms with E-state index in [9.17, 15) is 18.0 Å². The number of rotatable bonds is 8. The maximum Gasteiger partial charge on any atom is 0.255 e. The lowest BCUT2D eigenvalue weighted by Gasteiger charge is -2.10. The van der Waals surface area contributed by atoms with Crippen molar-refractivity contribution in [2.75, 3.05) is 5.32 Å². The van der Waals surface area contributed by atoms with E-state index in [1.165, 1.54) is 35.6 Å². The minimum Gasteiger partial charge on any atom is -0.349 e. The van der Waals surface area contributed by atoms with E-state index in [-0.39, 0.29) is 29.0 Å². The van der Waals surface area contributed by atoms with Crippen molar-refractivity contribution in [3.63, 3.8) is 0 Å². The molecule has 2 aromatic carbocycles. The van der Waals surface area contributed by atoms with Gasteiger partial charge in [-0.05, 0) is 60.7 Å². The van der Waals surface area contributed by atoms with Crippen LogP contribution in [0.5, 0.6) is 0 Å². The molecule has 0 radical (unpaired) electrons. The highest BCUT2D eigenvalue weighted by Crippen LogP contribution is 2.20. The number of hydrogen-bond donors (Lipinski definition) is 3. The topological polar surface area (TPSA) is 104 Å². The van der Waals surface area contributed by atoms with Gasteiger partial charge in [0.1, 0.15) is 0 Å². The largest absolute Gasteiger partial charge is 0.349 e. The van der Waals surface area contributed by atoms with Gasteiger partial charge in [0, 0.05) is 34.3 Å². The standard InChI is InChI=1S/C22H21N3O4S2/c26-21(24-17-9-10-17)15-4-1-6-18(12-15)25-22(27)16-5-2-8-20(13-16)31(28,29)23-14-19-7-3-11-30-19/h1-8,11-13,17,23H,9-10,14H2,(H,24,26)(H,25,27). The van der Waals surface area contributed by atoms with E-state index in [1.54, 1.807) is 24.3 Å². The lowest BCUT2D eigenvalue weighted by atomic mass is 10.1. The van der Waals surface area contributed by atoms with Gasteiger partial charge in [0.25, 0.3) is 11.8 Å². The maximum absolute atomic E-state index is 12.7. The van der Waals surface area contributed by atoms with E-state index in [2.05, 4.69) is 15.4 Å². The molecule has 0 aliphatic heterocycles. The average Bonchev–Trinajstić information content (AvgIpc) is 3.42. The molecule has 2 amide bonds. The average molecular weight is 456 g/mol. The first kappa shape index (κ1) is 21.2. The fraction of sp³-hybridized carbons (Fsp3) is 0.182. The summed E-state index contributed by atoms with van der Waals surface area (Å²) in [5.41, 5.74) is 1.11. The molecule has 4 rings (SSSR count). The summed E-state index contributed by atoms with van der Waals surface area (Å²) in [6, 6.07) is 16.4. The van der Waals surface area contributed by atoms with E-state index >= 15 is 0 Å². The van der Waals surface area contributed by atoms with Crippen LogP contribution < -0.4 is 15.4 Å². The predicted octanol–water partition coefficient (Wildman–Crippen LogP) is 3.37. The Morgan fingerprint density at radius 2 is 1.68 bits per heavy atom. The van der Waals surface area contributed by atoms with Crippen LogP contribution in [0.3, 0.4) is 0 Å². The van der Waals surface area contributed by atoms with Crippen LogP contribution in [0.1, 0.15) is 38.4 Å². The molecule has 1 aromatic heterocycles. The van der Waals surface area contributed by atoms with Crippen molar-refractivity contribution in [3.05, 3.63) is 82.0 Å². The molecular formula is C22H21N3O4S2. The van der Waals surface area contributed by atoms with Crippen LogP contribution in [0.4, 0.5) is 5.69 Å². The molecule has 0 saturated heterocycles. The van der Waals surface area contributed by atoms with Gasteiger partial charge in [-0.2, -0.15) is 0 Å². The molecule has 7 nitrogen and oxygen atoms in total. The van der Waals surface area contributed by atoms with Crippen molar-refractivity contribution in [1.82, 2.24) is 10.0 Å². The first-order valence-corrected chi connectivity index (χ1v) is 12.1. The zero-order valence-electron chi connectivity index (χ0n) is 16.5. The van der Waals surface area contributed by atoms with Crippen LogP contribution >= 0.6 is 11.3 Å². The summed E-state index contributed by atoms with van der Waals surface area (Å²) < 4.78 is 27.7. The van der Waals surface area contributed by atoms with Crippen LogP contribution in [0.25, 0.3) is 0 Å². The normalized spacial score (nSPS) is 13.5. The lowest BCUT2D eigenvalue weighted by Crippen LogP contribution is -2.25. The molecule has 0 bridgehead atoms. The second-order valence-corrected chi connectivity index (χ2v) is 10.0. The van der Waals surface area contributed by atoms with E-state index in [4.69, 9.17) is 0 Å². The summed E-state index contributed by atoms with van der Waals surface area (Å²) in [5, 5.41) is 7.50. The summed E-state index contributed by atoms with van der Waals surface area (Å²) in [7, 11) is -3.77. The monoisotopic (exact) mass is 455 g/mol. The first-order valence-electron chi connectivity index (χ1n) is 9.75. The summed E-state index contributed by atoms with van der Waals surface area (Å²) in [6.45, 7) is 0.187. The van der Waals surface area contributed by atoms with E-state index in [0.717, 1.165) is 17.7 Å². The third-order valence-corrected chi connectivity index (χ3v) is 6.99. The Balaban J connectivity index is 1.45. The Morgan fingerprint density at radius 3 is 2.39 bits per heavy atom. The molecule has 31 heavy (non-hydrogen) atoms. The molecular weight excluding hydrogens is 434 g/mol. The number of carbonyl (C=O) groups excluding carboxylic acids is 2. The number of carbonyl (C=O) groups is 2. The van der Waals surface area contributed by atoms with E-state index in [0.29, 0.717) is 11.3 Å². The predicted molar refractivity (Wildman–Crippen MR) is 120 cm³/mol. The molecule has 1 saturated carbocycles. The lowest BCUT2D eigenvalue weighted by molar-refractivity contribution is 0.0949. The molecule has 0 unspecified atom stereocenters. The first-order chi connectivity index (χ1) is 14.9. The number of sulfonamides is 1. The molecule has 160 valence electrons. The summed E-state index contributed by atoms with van der Waals surface area (Å²) in [4.78, 5) is 25.8. The number of benzene rings is 2. The highest BCUT2D eigenvalue weighted by molar-refractivity contribution is 7.89. The molecule has 3 aromatic rings. The molecule has 1 fully saturated rings. The summed E-state index contributed by atoms with van der Waals surface area (Å²) in [6.07, 6.45) is 1.98. The second-order valence-electron chi connectivity index (χ2n) is 7.21. The fourth-order valence-electron chi connectivity index (χ4n) is 2.90. The Labute approximate surface area is 184 Å². The Hall–Kier alpha value is -3.01. The van der Waals surface area contributed by atoms with Crippen molar-refractivity contribution < 1.29 is 18.0 Å². The number of nitrogens with one attached hydrogen (secondary N) is 3. The fourth-order valence-corrected chi connectivity index (χ4v) is 4.69. The van der Waals surface area contributed by atoms with Gasteiger partial charge in [-0.25, -0.2) is 13.1 Å². The van der Waals surface area contributed by atoms with Crippen molar-refractivity contribution in [2.24, 2.45) is 0 Å². The van der Waals surface area contributed by atoms with Gasteiger partial charge in [0.15, 0.2) is 0 Å². The third kappa shape index (κ3) is 5.57. The Bertz CT molecular complexity index is 1200. The Kier molecular flexibility index (Phi) is 6.17. The summed E-state index contributed by atoms with van der Waals surface area (Å²) >= 11 is 1.46. The number of anilines is 1. The second kappa shape index (κ2) is 9.01. The minimum atomic E-state index is -3.77. The van der Waals surface area contributed by atoms with Gasteiger partial charge in [-0.15, -0.1) is 11.3 Å². The van der Waals surface area contributed by atoms with Crippen LogP contribution in [0, 0.1) is 0 Å². The number of amides is 2. The van der Waals surface area contributed by atoms with Gasteiger partial charge in [-0.3, -0.25) is 9.59 Å². The quantitative estimate of drug-likeness (QED) is 0.484. The van der Waals surface area contributed by atoms with Crippen molar-refractivity contribution in [1.29, 1.82) is 0 Å². The van der Waals surface area contributed by atoms with Gasteiger partial charge < -0.3 is 10.6 Å². The minimum absolute atomic E-state index is 0.00858. The highest BCUT2D eigenvalue weighted by atomic mass is 32.2. The highest BCUT2D eigenvalue weighted by Gasteiger charge is 2.24. The number of hydrogen-bond acceptors (Lipinski definition) is 5. The Morgan fingerprint density at radius 1 is 0.935 bits per heavy atom. The molecule has 9 heteroatoms. The van der Waals surface area contributed by atoms with Gasteiger partial charge in [0.2, 0.25) is 10.0 Å². The van der Waals surface area contributed by atoms with Crippen molar-refractivity contribution in [2.45, 2.75) is 30.3 Å². The third-order valence-electron chi connectivity index (χ3n) is 4.72.